The lowest BCUT2D eigenvalue weighted by Gasteiger charge is -2.24. The highest BCUT2D eigenvalue weighted by atomic mass is 32.1. The van der Waals surface area contributed by atoms with Gasteiger partial charge in [-0.3, -0.25) is 4.68 Å². The molecular formula is C10H19N3S. The summed E-state index contributed by atoms with van der Waals surface area (Å²) in [6.07, 6.45) is 0. The lowest BCUT2D eigenvalue weighted by atomic mass is 9.87. The predicted molar refractivity (Wildman–Crippen MR) is 61.7 cm³/mol. The van der Waals surface area contributed by atoms with Crippen molar-refractivity contribution in [2.24, 2.45) is 7.05 Å². The van der Waals surface area contributed by atoms with E-state index in [0.717, 1.165) is 11.4 Å². The van der Waals surface area contributed by atoms with Crippen molar-refractivity contribution in [3.8, 4) is 0 Å². The van der Waals surface area contributed by atoms with Gasteiger partial charge in [-0.25, -0.2) is 0 Å². The molecule has 0 fully saturated rings. The Hall–Kier alpha value is -0.510. The van der Waals surface area contributed by atoms with Gasteiger partial charge in [0, 0.05) is 12.5 Å². The van der Waals surface area contributed by atoms with Crippen LogP contribution in [-0.2, 0) is 17.2 Å². The van der Waals surface area contributed by atoms with E-state index in [2.05, 4.69) is 43.7 Å². The van der Waals surface area contributed by atoms with Crippen LogP contribution in [0.1, 0.15) is 46.0 Å². The third kappa shape index (κ3) is 2.11. The van der Waals surface area contributed by atoms with Crippen molar-refractivity contribution in [3.05, 3.63) is 11.4 Å². The third-order valence-electron chi connectivity index (χ3n) is 2.12. The molecule has 0 radical (unpaired) electrons. The molecule has 0 saturated carbocycles. The van der Waals surface area contributed by atoms with Crippen molar-refractivity contribution in [1.82, 2.24) is 15.0 Å². The molecule has 80 valence electrons. The summed E-state index contributed by atoms with van der Waals surface area (Å²) in [5, 5.41) is 8.26. The van der Waals surface area contributed by atoms with Crippen molar-refractivity contribution < 1.29 is 0 Å². The van der Waals surface area contributed by atoms with Gasteiger partial charge < -0.3 is 0 Å². The Kier molecular flexibility index (Phi) is 2.69. The molecule has 1 heterocycles. The van der Waals surface area contributed by atoms with Crippen LogP contribution in [0.25, 0.3) is 0 Å². The average molecular weight is 213 g/mol. The second-order valence-corrected chi connectivity index (χ2v) is 6.34. The maximum absolute atomic E-state index is 4.54. The molecule has 0 N–H and O–H groups in total. The van der Waals surface area contributed by atoms with E-state index < -0.39 is 0 Å². The number of aromatic nitrogens is 3. The Labute approximate surface area is 91.3 Å². The molecule has 1 aromatic rings. The van der Waals surface area contributed by atoms with Gasteiger partial charge in [0.15, 0.2) is 0 Å². The van der Waals surface area contributed by atoms with Crippen LogP contribution >= 0.6 is 12.6 Å². The average Bonchev–Trinajstić information content (AvgIpc) is 2.27. The summed E-state index contributed by atoms with van der Waals surface area (Å²) in [5.74, 6) is 0. The monoisotopic (exact) mass is 213 g/mol. The van der Waals surface area contributed by atoms with Gasteiger partial charge in [-0.05, 0) is 13.8 Å². The van der Waals surface area contributed by atoms with Crippen LogP contribution in [-0.4, -0.2) is 15.0 Å². The zero-order valence-electron chi connectivity index (χ0n) is 9.79. The summed E-state index contributed by atoms with van der Waals surface area (Å²) in [7, 11) is 1.93. The van der Waals surface area contributed by atoms with Crippen LogP contribution in [0.3, 0.4) is 0 Å². The van der Waals surface area contributed by atoms with E-state index >= 15 is 0 Å². The summed E-state index contributed by atoms with van der Waals surface area (Å²) in [6.45, 7) is 10.6. The number of hydrogen-bond donors (Lipinski definition) is 1. The van der Waals surface area contributed by atoms with Crippen LogP contribution in [0.5, 0.6) is 0 Å². The van der Waals surface area contributed by atoms with E-state index in [1.54, 1.807) is 0 Å². The van der Waals surface area contributed by atoms with Gasteiger partial charge >= 0.3 is 0 Å². The molecule has 0 atom stereocenters. The zero-order chi connectivity index (χ0) is 11.1. The van der Waals surface area contributed by atoms with Gasteiger partial charge in [0.05, 0.1) is 10.4 Å². The molecule has 4 heteroatoms. The highest BCUT2D eigenvalue weighted by Crippen LogP contribution is 2.33. The number of thiol groups is 1. The lowest BCUT2D eigenvalue weighted by Crippen LogP contribution is -2.22. The Morgan fingerprint density at radius 3 is 1.93 bits per heavy atom. The molecule has 0 unspecified atom stereocenters. The van der Waals surface area contributed by atoms with Crippen molar-refractivity contribution in [1.29, 1.82) is 0 Å². The van der Waals surface area contributed by atoms with Gasteiger partial charge in [0.25, 0.3) is 0 Å². The van der Waals surface area contributed by atoms with E-state index in [9.17, 15) is 0 Å². The molecule has 0 saturated heterocycles. The Morgan fingerprint density at radius 2 is 1.64 bits per heavy atom. The smallest absolute Gasteiger partial charge is 0.102 e. The topological polar surface area (TPSA) is 30.7 Å². The van der Waals surface area contributed by atoms with Crippen molar-refractivity contribution in [2.75, 3.05) is 0 Å². The summed E-state index contributed by atoms with van der Waals surface area (Å²) in [6, 6.07) is 0. The standard InChI is InChI=1S/C10H19N3S/c1-9(2,3)8-7(10(4,5)14)11-12-13(8)6/h14H,1-6H3. The maximum atomic E-state index is 4.54. The van der Waals surface area contributed by atoms with Crippen LogP contribution in [0, 0.1) is 0 Å². The molecule has 0 bridgehead atoms. The van der Waals surface area contributed by atoms with Crippen molar-refractivity contribution in [2.45, 2.75) is 44.8 Å². The number of hydrogen-bond acceptors (Lipinski definition) is 3. The minimum atomic E-state index is -0.239. The fourth-order valence-electron chi connectivity index (χ4n) is 1.61. The Morgan fingerprint density at radius 1 is 1.14 bits per heavy atom. The Bertz CT molecular complexity index is 328. The lowest BCUT2D eigenvalue weighted by molar-refractivity contribution is 0.511. The van der Waals surface area contributed by atoms with Gasteiger partial charge in [0.2, 0.25) is 0 Å². The summed E-state index contributed by atoms with van der Waals surface area (Å²) in [4.78, 5) is 0. The van der Waals surface area contributed by atoms with E-state index in [0.29, 0.717) is 0 Å². The molecule has 0 aliphatic rings. The molecule has 0 aliphatic carbocycles. The second kappa shape index (κ2) is 3.26. The van der Waals surface area contributed by atoms with Crippen LogP contribution in [0.15, 0.2) is 0 Å². The van der Waals surface area contributed by atoms with Gasteiger partial charge in [-0.2, -0.15) is 12.6 Å². The number of aryl methyl sites for hydroxylation is 1. The summed E-state index contributed by atoms with van der Waals surface area (Å²) < 4.78 is 1.60. The zero-order valence-corrected chi connectivity index (χ0v) is 10.7. The van der Waals surface area contributed by atoms with Gasteiger partial charge in [-0.1, -0.05) is 26.0 Å². The molecule has 0 aliphatic heterocycles. The van der Waals surface area contributed by atoms with E-state index in [-0.39, 0.29) is 10.2 Å². The number of nitrogens with zero attached hydrogens (tertiary/aromatic N) is 3. The van der Waals surface area contributed by atoms with Crippen molar-refractivity contribution in [3.63, 3.8) is 0 Å². The predicted octanol–water partition coefficient (Wildman–Crippen LogP) is 2.28. The van der Waals surface area contributed by atoms with Crippen molar-refractivity contribution >= 4 is 12.6 Å². The maximum Gasteiger partial charge on any atom is 0.102 e. The molecule has 1 rings (SSSR count). The minimum absolute atomic E-state index is 0.0492. The van der Waals surface area contributed by atoms with E-state index in [1.807, 2.05) is 25.6 Å². The molecule has 0 aromatic carbocycles. The van der Waals surface area contributed by atoms with Gasteiger partial charge in [-0.15, -0.1) is 5.10 Å². The second-order valence-electron chi connectivity index (χ2n) is 5.22. The first-order valence-electron chi connectivity index (χ1n) is 4.77. The highest BCUT2D eigenvalue weighted by molar-refractivity contribution is 7.81. The number of rotatable bonds is 1. The SMILES string of the molecule is Cn1nnc(C(C)(C)S)c1C(C)(C)C. The Balaban J connectivity index is 3.35. The molecular weight excluding hydrogens is 194 g/mol. The van der Waals surface area contributed by atoms with Crippen LogP contribution < -0.4 is 0 Å². The summed E-state index contributed by atoms with van der Waals surface area (Å²) in [5.41, 5.74) is 2.17. The summed E-state index contributed by atoms with van der Waals surface area (Å²) >= 11 is 4.54. The fraction of sp³-hybridized carbons (Fsp3) is 0.800. The molecule has 1 aromatic heterocycles. The molecule has 14 heavy (non-hydrogen) atoms. The first-order chi connectivity index (χ1) is 6.14. The minimum Gasteiger partial charge on any atom is -0.252 e. The van der Waals surface area contributed by atoms with Gasteiger partial charge in [0.1, 0.15) is 5.69 Å². The molecule has 0 spiro atoms. The quantitative estimate of drug-likeness (QED) is 0.726. The molecule has 0 amide bonds. The molecule has 3 nitrogen and oxygen atoms in total. The van der Waals surface area contributed by atoms with Crippen LogP contribution in [0.2, 0.25) is 0 Å². The largest absolute Gasteiger partial charge is 0.252 e. The first-order valence-corrected chi connectivity index (χ1v) is 5.22. The highest BCUT2D eigenvalue weighted by Gasteiger charge is 2.30. The third-order valence-corrected chi connectivity index (χ3v) is 2.33. The van der Waals surface area contributed by atoms with E-state index in [4.69, 9.17) is 0 Å². The first kappa shape index (κ1) is 11.6. The fourth-order valence-corrected chi connectivity index (χ4v) is 1.76. The van der Waals surface area contributed by atoms with E-state index in [1.165, 1.54) is 0 Å². The normalized spacial score (nSPS) is 13.4. The van der Waals surface area contributed by atoms with Crippen LogP contribution in [0.4, 0.5) is 0 Å².